The normalized spacial score (nSPS) is 14.5. The first-order valence-corrected chi connectivity index (χ1v) is 28.6. The lowest BCUT2D eigenvalue weighted by Gasteiger charge is -2.29. The van der Waals surface area contributed by atoms with Gasteiger partial charge in [-0.3, -0.25) is 9.36 Å². The van der Waals surface area contributed by atoms with E-state index in [4.69, 9.17) is 9.05 Å². The fourth-order valence-electron chi connectivity index (χ4n) is 7.65. The molecule has 8 nitrogen and oxygen atoms in total. The molecule has 0 rings (SSSR count). The van der Waals surface area contributed by atoms with Crippen LogP contribution in [0.2, 0.25) is 0 Å². The molecule has 3 unspecified atom stereocenters. The maximum absolute atomic E-state index is 12.9. The van der Waals surface area contributed by atoms with Gasteiger partial charge in [0.2, 0.25) is 5.91 Å². The lowest BCUT2D eigenvalue weighted by molar-refractivity contribution is -0.870. The third kappa shape index (κ3) is 49.9. The van der Waals surface area contributed by atoms with Gasteiger partial charge in [-0.1, -0.05) is 222 Å². The summed E-state index contributed by atoms with van der Waals surface area (Å²) in [7, 11) is 1.23. The zero-order valence-corrected chi connectivity index (χ0v) is 44.1. The number of unbranched alkanes of at least 4 members (excludes halogenated alkanes) is 29. The number of rotatable bonds is 49. The Morgan fingerprint density at radius 2 is 0.908 bits per heavy atom. The van der Waals surface area contributed by atoms with Gasteiger partial charge in [-0.05, 0) is 70.6 Å². The van der Waals surface area contributed by atoms with Crippen molar-refractivity contribution >= 4 is 13.7 Å². The second kappa shape index (κ2) is 47.3. The number of phosphoric ester groups is 1. The summed E-state index contributed by atoms with van der Waals surface area (Å²) in [5.41, 5.74) is 0. The van der Waals surface area contributed by atoms with Crippen LogP contribution in [0.5, 0.6) is 0 Å². The van der Waals surface area contributed by atoms with E-state index in [1.54, 1.807) is 6.08 Å². The predicted molar refractivity (Wildman–Crippen MR) is 279 cm³/mol. The molecule has 2 N–H and O–H groups in total. The quantitative estimate of drug-likeness (QED) is 0.0207. The highest BCUT2D eigenvalue weighted by molar-refractivity contribution is 7.45. The lowest BCUT2D eigenvalue weighted by Crippen LogP contribution is -2.45. The standard InChI is InChI=1S/C56H105N2O6P/c1-6-8-10-12-14-16-18-20-22-24-26-27-28-29-30-32-33-35-37-39-41-43-45-47-49-55(59)54(53-64-65(61,62)63-52-51-58(3,4)5)57-56(60)50-48-46-44-42-40-38-36-34-31-25-23-21-19-17-15-13-11-9-7-2/h15,17,19,21,32-33,39,41,47,49,54-55,59H,6-14,16,18,20,22-31,34-38,40,42-46,48,50-53H2,1-5H3,(H-,57,60,61,62)/b17-15-,21-19-,33-32+,41-39+,49-47+. The maximum Gasteiger partial charge on any atom is 0.268 e. The third-order valence-corrected chi connectivity index (χ3v) is 12.9. The van der Waals surface area contributed by atoms with E-state index in [9.17, 15) is 19.4 Å². The molecule has 0 saturated carbocycles. The van der Waals surface area contributed by atoms with Crippen LogP contribution in [-0.2, 0) is 18.4 Å². The molecule has 0 aromatic rings. The molecular formula is C56H105N2O6P. The van der Waals surface area contributed by atoms with Crippen molar-refractivity contribution in [2.45, 2.75) is 251 Å². The minimum absolute atomic E-state index is 0.0114. The molecule has 0 heterocycles. The molecule has 0 aromatic carbocycles. The number of carbonyl (C=O) groups is 1. The molecule has 0 saturated heterocycles. The number of allylic oxidation sites excluding steroid dienone is 9. The number of hydrogen-bond donors (Lipinski definition) is 2. The van der Waals surface area contributed by atoms with Gasteiger partial charge in [0, 0.05) is 6.42 Å². The zero-order valence-electron chi connectivity index (χ0n) is 43.2. The van der Waals surface area contributed by atoms with Crippen molar-refractivity contribution in [2.24, 2.45) is 0 Å². The first kappa shape index (κ1) is 63.2. The highest BCUT2D eigenvalue weighted by atomic mass is 31.2. The number of quaternary nitrogens is 1. The summed E-state index contributed by atoms with van der Waals surface area (Å²) in [4.78, 5) is 25.4. The van der Waals surface area contributed by atoms with Gasteiger partial charge in [-0.2, -0.15) is 0 Å². The van der Waals surface area contributed by atoms with Crippen LogP contribution in [-0.4, -0.2) is 68.5 Å². The second-order valence-electron chi connectivity index (χ2n) is 19.6. The van der Waals surface area contributed by atoms with E-state index in [-0.39, 0.29) is 12.5 Å². The van der Waals surface area contributed by atoms with Gasteiger partial charge in [0.05, 0.1) is 39.9 Å². The van der Waals surface area contributed by atoms with Gasteiger partial charge in [0.25, 0.3) is 7.82 Å². The Hall–Kier alpha value is -1.80. The van der Waals surface area contributed by atoms with Crippen molar-refractivity contribution in [1.82, 2.24) is 5.32 Å². The summed E-state index contributed by atoms with van der Waals surface area (Å²) < 4.78 is 23.3. The number of aliphatic hydroxyl groups excluding tert-OH is 1. The maximum atomic E-state index is 12.9. The van der Waals surface area contributed by atoms with Crippen LogP contribution < -0.4 is 10.2 Å². The molecule has 0 aliphatic heterocycles. The Labute approximate surface area is 402 Å². The summed E-state index contributed by atoms with van der Waals surface area (Å²) in [6, 6.07) is -0.914. The predicted octanol–water partition coefficient (Wildman–Crippen LogP) is 15.5. The number of likely N-dealkylation sites (N-methyl/N-ethyl adjacent to an activating group) is 1. The van der Waals surface area contributed by atoms with E-state index in [1.165, 1.54) is 167 Å². The van der Waals surface area contributed by atoms with Crippen LogP contribution in [0, 0.1) is 0 Å². The fourth-order valence-corrected chi connectivity index (χ4v) is 8.37. The first-order chi connectivity index (χ1) is 31.5. The molecule has 0 bridgehead atoms. The summed E-state index contributed by atoms with van der Waals surface area (Å²) in [5.74, 6) is -0.216. The Balaban J connectivity index is 4.35. The topological polar surface area (TPSA) is 108 Å². The van der Waals surface area contributed by atoms with Crippen molar-refractivity contribution in [3.63, 3.8) is 0 Å². The van der Waals surface area contributed by atoms with Crippen molar-refractivity contribution in [1.29, 1.82) is 0 Å². The Kier molecular flexibility index (Phi) is 46.0. The Morgan fingerprint density at radius 1 is 0.538 bits per heavy atom. The number of amides is 1. The van der Waals surface area contributed by atoms with Crippen LogP contribution in [0.25, 0.3) is 0 Å². The second-order valence-corrected chi connectivity index (χ2v) is 21.0. The lowest BCUT2D eigenvalue weighted by atomic mass is 10.0. The molecule has 1 amide bonds. The highest BCUT2D eigenvalue weighted by Gasteiger charge is 2.23. The number of nitrogens with one attached hydrogen (secondary N) is 1. The molecule has 380 valence electrons. The number of nitrogens with zero attached hydrogens (tertiary/aromatic N) is 1. The summed E-state index contributed by atoms with van der Waals surface area (Å²) in [6.07, 6.45) is 62.9. The number of phosphoric acid groups is 1. The summed E-state index contributed by atoms with van der Waals surface area (Å²) >= 11 is 0. The van der Waals surface area contributed by atoms with E-state index in [0.717, 1.165) is 51.4 Å². The van der Waals surface area contributed by atoms with Gasteiger partial charge < -0.3 is 28.8 Å². The van der Waals surface area contributed by atoms with E-state index in [0.29, 0.717) is 17.4 Å². The van der Waals surface area contributed by atoms with Crippen LogP contribution in [0.15, 0.2) is 60.8 Å². The Morgan fingerprint density at radius 3 is 1.37 bits per heavy atom. The van der Waals surface area contributed by atoms with Crippen LogP contribution in [0.3, 0.4) is 0 Å². The van der Waals surface area contributed by atoms with E-state index < -0.39 is 26.6 Å². The van der Waals surface area contributed by atoms with E-state index >= 15 is 0 Å². The molecule has 0 aliphatic carbocycles. The van der Waals surface area contributed by atoms with Gasteiger partial charge in [0.15, 0.2) is 0 Å². The fraction of sp³-hybridized carbons (Fsp3) is 0.804. The molecule has 0 aromatic heterocycles. The third-order valence-electron chi connectivity index (χ3n) is 12.0. The Bertz CT molecular complexity index is 1240. The molecule has 0 aliphatic rings. The monoisotopic (exact) mass is 933 g/mol. The van der Waals surface area contributed by atoms with Crippen LogP contribution in [0.1, 0.15) is 239 Å². The smallest absolute Gasteiger partial charge is 0.268 e. The van der Waals surface area contributed by atoms with Crippen LogP contribution >= 0.6 is 7.82 Å². The SMILES string of the molecule is CCCCC/C=C\C=C/CCCCCCCCCCCCC(=O)NC(COP(=O)([O-])OCC[N+](C)(C)C)C(O)/C=C/CC/C=C/CC/C=C/CCCCCCCCCCCCCCCC. The number of carbonyl (C=O) groups excluding carboxylic acids is 1. The average Bonchev–Trinajstić information content (AvgIpc) is 3.26. The largest absolute Gasteiger partial charge is 0.756 e. The molecule has 3 atom stereocenters. The van der Waals surface area contributed by atoms with Gasteiger partial charge in [-0.25, -0.2) is 0 Å². The summed E-state index contributed by atoms with van der Waals surface area (Å²) in [5, 5.41) is 13.8. The van der Waals surface area contributed by atoms with Gasteiger partial charge in [-0.15, -0.1) is 0 Å². The number of hydrogen-bond acceptors (Lipinski definition) is 6. The van der Waals surface area contributed by atoms with E-state index in [2.05, 4.69) is 67.8 Å². The van der Waals surface area contributed by atoms with Gasteiger partial charge >= 0.3 is 0 Å². The minimum atomic E-state index is -4.61. The first-order valence-electron chi connectivity index (χ1n) is 27.2. The molecule has 65 heavy (non-hydrogen) atoms. The molecule has 9 heteroatoms. The van der Waals surface area contributed by atoms with Gasteiger partial charge in [0.1, 0.15) is 13.2 Å². The minimum Gasteiger partial charge on any atom is -0.756 e. The van der Waals surface area contributed by atoms with Crippen molar-refractivity contribution in [2.75, 3.05) is 40.9 Å². The average molecular weight is 933 g/mol. The van der Waals surface area contributed by atoms with E-state index in [1.807, 2.05) is 27.2 Å². The molecule has 0 radical (unpaired) electrons. The molecular weight excluding hydrogens is 828 g/mol. The zero-order chi connectivity index (χ0) is 47.8. The highest BCUT2D eigenvalue weighted by Crippen LogP contribution is 2.38. The van der Waals surface area contributed by atoms with Crippen molar-refractivity contribution in [3.05, 3.63) is 60.8 Å². The summed E-state index contributed by atoms with van der Waals surface area (Å²) in [6.45, 7) is 4.60. The van der Waals surface area contributed by atoms with Crippen molar-refractivity contribution < 1.29 is 32.9 Å². The molecule has 0 fully saturated rings. The number of aliphatic hydroxyl groups is 1. The van der Waals surface area contributed by atoms with Crippen molar-refractivity contribution in [3.8, 4) is 0 Å². The molecule has 0 spiro atoms. The van der Waals surface area contributed by atoms with Crippen LogP contribution in [0.4, 0.5) is 0 Å².